The van der Waals surface area contributed by atoms with Gasteiger partial charge in [-0.3, -0.25) is 14.6 Å². The highest BCUT2D eigenvalue weighted by molar-refractivity contribution is 5.91. The summed E-state index contributed by atoms with van der Waals surface area (Å²) in [7, 11) is 1.87. The summed E-state index contributed by atoms with van der Waals surface area (Å²) in [4.78, 5) is 8.82. The number of para-hydroxylation sites is 1. The first-order chi connectivity index (χ1) is 10.1. The first kappa shape index (κ1) is 13.5. The maximum atomic E-state index is 6.20. The lowest BCUT2D eigenvalue weighted by Crippen LogP contribution is -2.02. The van der Waals surface area contributed by atoms with Gasteiger partial charge >= 0.3 is 0 Å². The number of hydrogen-bond donors (Lipinski definition) is 1. The van der Waals surface area contributed by atoms with Gasteiger partial charge in [-0.05, 0) is 18.4 Å². The van der Waals surface area contributed by atoms with E-state index >= 15 is 0 Å². The zero-order valence-corrected chi connectivity index (χ0v) is 12.5. The highest BCUT2D eigenvalue weighted by Gasteiger charge is 2.18. The highest BCUT2D eigenvalue weighted by Crippen LogP contribution is 2.32. The summed E-state index contributed by atoms with van der Waals surface area (Å²) >= 11 is 0. The van der Waals surface area contributed by atoms with Crippen molar-refractivity contribution in [3.8, 4) is 11.3 Å². The van der Waals surface area contributed by atoms with Gasteiger partial charge < -0.3 is 5.73 Å². The van der Waals surface area contributed by atoms with Gasteiger partial charge in [-0.2, -0.15) is 5.10 Å². The van der Waals surface area contributed by atoms with Crippen molar-refractivity contribution in [1.29, 1.82) is 0 Å². The Morgan fingerprint density at radius 3 is 2.71 bits per heavy atom. The summed E-state index contributed by atoms with van der Waals surface area (Å²) in [6.45, 7) is 4.36. The number of fused-ring (bicyclic) bond motifs is 1. The SMILES string of the molecule is CC(C)Cc1c(-c2cccc3nccnc23)nn(C)c1N. The molecule has 5 heteroatoms. The van der Waals surface area contributed by atoms with Crippen LogP contribution in [0.25, 0.3) is 22.3 Å². The minimum absolute atomic E-state index is 0.510. The summed E-state index contributed by atoms with van der Waals surface area (Å²) in [6, 6.07) is 5.97. The van der Waals surface area contributed by atoms with Crippen LogP contribution in [0.4, 0.5) is 5.82 Å². The zero-order valence-electron chi connectivity index (χ0n) is 12.5. The minimum atomic E-state index is 0.510. The molecule has 0 atom stereocenters. The number of rotatable bonds is 3. The number of anilines is 1. The second kappa shape index (κ2) is 5.16. The number of hydrogen-bond acceptors (Lipinski definition) is 4. The Labute approximate surface area is 123 Å². The number of aryl methyl sites for hydroxylation is 1. The maximum Gasteiger partial charge on any atom is 0.125 e. The van der Waals surface area contributed by atoms with Gasteiger partial charge in [-0.25, -0.2) is 0 Å². The van der Waals surface area contributed by atoms with E-state index in [4.69, 9.17) is 5.73 Å². The van der Waals surface area contributed by atoms with Gasteiger partial charge in [-0.15, -0.1) is 0 Å². The Morgan fingerprint density at radius 2 is 1.95 bits per heavy atom. The molecule has 0 bridgehead atoms. The van der Waals surface area contributed by atoms with Gasteiger partial charge in [0.15, 0.2) is 0 Å². The third-order valence-corrected chi connectivity index (χ3v) is 3.56. The number of nitrogens with zero attached hydrogens (tertiary/aromatic N) is 4. The second-order valence-electron chi connectivity index (χ2n) is 5.66. The molecule has 5 nitrogen and oxygen atoms in total. The van der Waals surface area contributed by atoms with E-state index in [0.717, 1.165) is 40.1 Å². The standard InChI is InChI=1S/C16H19N5/c1-10(2)9-12-14(20-21(3)16(12)17)11-5-4-6-13-15(11)19-8-7-18-13/h4-8,10H,9,17H2,1-3H3. The third kappa shape index (κ3) is 2.35. The smallest absolute Gasteiger partial charge is 0.125 e. The van der Waals surface area contributed by atoms with Crippen LogP contribution in [0.15, 0.2) is 30.6 Å². The van der Waals surface area contributed by atoms with Gasteiger partial charge in [0.05, 0.1) is 16.7 Å². The van der Waals surface area contributed by atoms with E-state index < -0.39 is 0 Å². The molecule has 0 spiro atoms. The molecule has 2 N–H and O–H groups in total. The van der Waals surface area contributed by atoms with E-state index in [1.54, 1.807) is 17.1 Å². The molecule has 1 aromatic carbocycles. The highest BCUT2D eigenvalue weighted by atomic mass is 15.3. The van der Waals surface area contributed by atoms with Crippen LogP contribution in [0.1, 0.15) is 19.4 Å². The fourth-order valence-electron chi connectivity index (χ4n) is 2.59. The van der Waals surface area contributed by atoms with Crippen LogP contribution in [0.3, 0.4) is 0 Å². The van der Waals surface area contributed by atoms with Crippen LogP contribution < -0.4 is 5.73 Å². The molecule has 2 aromatic heterocycles. The normalized spacial score (nSPS) is 11.4. The molecule has 0 radical (unpaired) electrons. The zero-order chi connectivity index (χ0) is 15.0. The van der Waals surface area contributed by atoms with Crippen LogP contribution in [-0.2, 0) is 13.5 Å². The molecular weight excluding hydrogens is 262 g/mol. The van der Waals surface area contributed by atoms with Crippen LogP contribution in [0, 0.1) is 5.92 Å². The molecule has 2 heterocycles. The van der Waals surface area contributed by atoms with Gasteiger partial charge in [0.2, 0.25) is 0 Å². The van der Waals surface area contributed by atoms with Crippen molar-refractivity contribution in [3.63, 3.8) is 0 Å². The summed E-state index contributed by atoms with van der Waals surface area (Å²) in [5.74, 6) is 1.23. The predicted octanol–water partition coefficient (Wildman–Crippen LogP) is 2.81. The fourth-order valence-corrected chi connectivity index (χ4v) is 2.59. The molecule has 0 unspecified atom stereocenters. The summed E-state index contributed by atoms with van der Waals surface area (Å²) in [6.07, 6.45) is 4.31. The number of nitrogen functional groups attached to an aromatic ring is 1. The second-order valence-corrected chi connectivity index (χ2v) is 5.66. The molecule has 3 rings (SSSR count). The molecule has 21 heavy (non-hydrogen) atoms. The van der Waals surface area contributed by atoms with E-state index in [1.807, 2.05) is 25.2 Å². The van der Waals surface area contributed by atoms with E-state index in [9.17, 15) is 0 Å². The van der Waals surface area contributed by atoms with Crippen LogP contribution in [0.2, 0.25) is 0 Å². The Bertz CT molecular complexity index is 783. The van der Waals surface area contributed by atoms with Crippen LogP contribution >= 0.6 is 0 Å². The molecular formula is C16H19N5. The fraction of sp³-hybridized carbons (Fsp3) is 0.312. The Hall–Kier alpha value is -2.43. The lowest BCUT2D eigenvalue weighted by molar-refractivity contribution is 0.648. The molecule has 108 valence electrons. The van der Waals surface area contributed by atoms with Gasteiger partial charge in [0, 0.05) is 30.6 Å². The van der Waals surface area contributed by atoms with E-state index in [0.29, 0.717) is 5.92 Å². The summed E-state index contributed by atoms with van der Waals surface area (Å²) in [5, 5.41) is 4.61. The molecule has 0 saturated heterocycles. The first-order valence-electron chi connectivity index (χ1n) is 7.09. The van der Waals surface area contributed by atoms with E-state index in [1.165, 1.54) is 0 Å². The quantitative estimate of drug-likeness (QED) is 0.801. The van der Waals surface area contributed by atoms with Crippen molar-refractivity contribution >= 4 is 16.9 Å². The molecule has 0 fully saturated rings. The van der Waals surface area contributed by atoms with Crippen molar-refractivity contribution in [2.45, 2.75) is 20.3 Å². The number of benzene rings is 1. The monoisotopic (exact) mass is 281 g/mol. The molecule has 0 saturated carbocycles. The van der Waals surface area contributed by atoms with Crippen molar-refractivity contribution in [1.82, 2.24) is 19.7 Å². The van der Waals surface area contributed by atoms with Crippen molar-refractivity contribution in [2.75, 3.05) is 5.73 Å². The average molecular weight is 281 g/mol. The van der Waals surface area contributed by atoms with E-state index in [2.05, 4.69) is 28.9 Å². The largest absolute Gasteiger partial charge is 0.384 e. The Morgan fingerprint density at radius 1 is 1.19 bits per heavy atom. The summed E-state index contributed by atoms with van der Waals surface area (Å²) in [5.41, 5.74) is 10.9. The molecule has 0 aliphatic carbocycles. The summed E-state index contributed by atoms with van der Waals surface area (Å²) < 4.78 is 1.74. The van der Waals surface area contributed by atoms with Gasteiger partial charge in [-0.1, -0.05) is 26.0 Å². The lowest BCUT2D eigenvalue weighted by Gasteiger charge is -2.08. The van der Waals surface area contributed by atoms with Crippen molar-refractivity contribution < 1.29 is 0 Å². The predicted molar refractivity (Wildman–Crippen MR) is 84.7 cm³/mol. The Balaban J connectivity index is 2.26. The molecule has 0 amide bonds. The van der Waals surface area contributed by atoms with Crippen LogP contribution in [-0.4, -0.2) is 19.7 Å². The maximum absolute atomic E-state index is 6.20. The Kier molecular flexibility index (Phi) is 3.33. The van der Waals surface area contributed by atoms with Crippen molar-refractivity contribution in [3.05, 3.63) is 36.2 Å². The van der Waals surface area contributed by atoms with Crippen molar-refractivity contribution in [2.24, 2.45) is 13.0 Å². The number of aromatic nitrogens is 4. The topological polar surface area (TPSA) is 69.6 Å². The molecule has 0 aliphatic heterocycles. The number of nitrogens with two attached hydrogens (primary N) is 1. The van der Waals surface area contributed by atoms with Crippen LogP contribution in [0.5, 0.6) is 0 Å². The lowest BCUT2D eigenvalue weighted by atomic mass is 9.98. The minimum Gasteiger partial charge on any atom is -0.384 e. The molecule has 3 aromatic rings. The molecule has 0 aliphatic rings. The van der Waals surface area contributed by atoms with Gasteiger partial charge in [0.25, 0.3) is 0 Å². The average Bonchev–Trinajstić information content (AvgIpc) is 2.74. The van der Waals surface area contributed by atoms with Gasteiger partial charge in [0.1, 0.15) is 5.82 Å². The first-order valence-corrected chi connectivity index (χ1v) is 7.09. The third-order valence-electron chi connectivity index (χ3n) is 3.56. The van der Waals surface area contributed by atoms with E-state index in [-0.39, 0.29) is 0 Å².